The molecule has 7 heteroatoms. The lowest BCUT2D eigenvalue weighted by Gasteiger charge is -2.20. The van der Waals surface area contributed by atoms with E-state index in [0.29, 0.717) is 27.9 Å². The Balaban J connectivity index is 1.40. The van der Waals surface area contributed by atoms with Crippen LogP contribution >= 0.6 is 11.6 Å². The molecule has 0 bridgehead atoms. The lowest BCUT2D eigenvalue weighted by atomic mass is 10.1. The second kappa shape index (κ2) is 9.32. The molecule has 1 heterocycles. The van der Waals surface area contributed by atoms with E-state index in [1.165, 1.54) is 7.11 Å². The predicted octanol–water partition coefficient (Wildman–Crippen LogP) is 5.44. The van der Waals surface area contributed by atoms with Crippen molar-refractivity contribution < 1.29 is 19.1 Å². The van der Waals surface area contributed by atoms with Gasteiger partial charge in [-0.2, -0.15) is 0 Å². The first-order valence-corrected chi connectivity index (χ1v) is 10.6. The molecular weight excluding hydrogens is 428 g/mol. The van der Waals surface area contributed by atoms with E-state index >= 15 is 0 Å². The zero-order valence-corrected chi connectivity index (χ0v) is 18.6. The van der Waals surface area contributed by atoms with E-state index in [1.54, 1.807) is 47.4 Å². The topological polar surface area (TPSA) is 67.9 Å². The number of carbonyl (C=O) groups excluding carboxylic acids is 2. The first-order valence-electron chi connectivity index (χ1n) is 10.2. The summed E-state index contributed by atoms with van der Waals surface area (Å²) in [4.78, 5) is 26.9. The smallest absolute Gasteiger partial charge is 0.229 e. The van der Waals surface area contributed by atoms with Gasteiger partial charge < -0.3 is 19.7 Å². The van der Waals surface area contributed by atoms with Crippen molar-refractivity contribution in [1.29, 1.82) is 0 Å². The standard InChI is InChI=1S/C25H23ClN2O4/c1-16-4-3-5-21(12-16)32-20-9-7-19(8-10-20)27-25(30)17-13-24(29)28(15-17)22-14-18(26)6-11-23(22)31-2/h3-12,14,17H,13,15H2,1-2H3,(H,27,30)/t17-/m1/s1. The number of nitrogens with zero attached hydrogens (tertiary/aromatic N) is 1. The molecule has 1 aliphatic rings. The van der Waals surface area contributed by atoms with Gasteiger partial charge in [-0.15, -0.1) is 0 Å². The molecule has 0 radical (unpaired) electrons. The van der Waals surface area contributed by atoms with Gasteiger partial charge in [0.1, 0.15) is 17.2 Å². The normalized spacial score (nSPS) is 15.5. The zero-order chi connectivity index (χ0) is 22.7. The molecule has 0 saturated carbocycles. The second-order valence-electron chi connectivity index (χ2n) is 7.65. The quantitative estimate of drug-likeness (QED) is 0.543. The summed E-state index contributed by atoms with van der Waals surface area (Å²) in [5.74, 6) is 1.12. The number of carbonyl (C=O) groups is 2. The Bertz CT molecular complexity index is 1150. The summed E-state index contributed by atoms with van der Waals surface area (Å²) in [5, 5.41) is 3.38. The number of anilines is 2. The van der Waals surface area contributed by atoms with E-state index in [0.717, 1.165) is 11.3 Å². The molecule has 6 nitrogen and oxygen atoms in total. The van der Waals surface area contributed by atoms with Crippen LogP contribution in [0.25, 0.3) is 0 Å². The number of methoxy groups -OCH3 is 1. The summed E-state index contributed by atoms with van der Waals surface area (Å²) in [6, 6.07) is 20.0. The summed E-state index contributed by atoms with van der Waals surface area (Å²) in [6.07, 6.45) is 0.121. The van der Waals surface area contributed by atoms with E-state index in [2.05, 4.69) is 5.32 Å². The van der Waals surface area contributed by atoms with Crippen molar-refractivity contribution in [2.75, 3.05) is 23.9 Å². The van der Waals surface area contributed by atoms with Gasteiger partial charge >= 0.3 is 0 Å². The molecular formula is C25H23ClN2O4. The van der Waals surface area contributed by atoms with E-state index in [-0.39, 0.29) is 24.8 Å². The van der Waals surface area contributed by atoms with E-state index < -0.39 is 5.92 Å². The Morgan fingerprint density at radius 2 is 1.84 bits per heavy atom. The van der Waals surface area contributed by atoms with Crippen LogP contribution in [0.4, 0.5) is 11.4 Å². The van der Waals surface area contributed by atoms with E-state index in [9.17, 15) is 9.59 Å². The average Bonchev–Trinajstić information content (AvgIpc) is 3.17. The van der Waals surface area contributed by atoms with E-state index in [4.69, 9.17) is 21.1 Å². The highest BCUT2D eigenvalue weighted by Gasteiger charge is 2.36. The molecule has 0 aliphatic carbocycles. The minimum absolute atomic E-state index is 0.121. The lowest BCUT2D eigenvalue weighted by molar-refractivity contribution is -0.122. The minimum atomic E-state index is -0.477. The molecule has 3 aromatic carbocycles. The van der Waals surface area contributed by atoms with Crippen LogP contribution in [0, 0.1) is 12.8 Å². The Kier molecular flexibility index (Phi) is 6.32. The molecule has 1 N–H and O–H groups in total. The molecule has 1 fully saturated rings. The molecule has 4 rings (SSSR count). The minimum Gasteiger partial charge on any atom is -0.495 e. The van der Waals surface area contributed by atoms with Gasteiger partial charge in [0, 0.05) is 23.7 Å². The van der Waals surface area contributed by atoms with Gasteiger partial charge in [-0.1, -0.05) is 23.7 Å². The summed E-state index contributed by atoms with van der Waals surface area (Å²) >= 11 is 6.09. The number of hydrogen-bond acceptors (Lipinski definition) is 4. The fraction of sp³-hybridized carbons (Fsp3) is 0.200. The number of rotatable bonds is 6. The number of hydrogen-bond donors (Lipinski definition) is 1. The third-order valence-corrected chi connectivity index (χ3v) is 5.51. The van der Waals surface area contributed by atoms with Gasteiger partial charge in [0.2, 0.25) is 11.8 Å². The SMILES string of the molecule is COc1ccc(Cl)cc1N1C[C@H](C(=O)Nc2ccc(Oc3cccc(C)c3)cc2)CC1=O. The van der Waals surface area contributed by atoms with Gasteiger partial charge in [0.25, 0.3) is 0 Å². The summed E-state index contributed by atoms with van der Waals surface area (Å²) in [5.41, 5.74) is 2.32. The number of aryl methyl sites for hydroxylation is 1. The van der Waals surface area contributed by atoms with E-state index in [1.807, 2.05) is 31.2 Å². The maximum absolute atomic E-state index is 12.8. The van der Waals surface area contributed by atoms with Gasteiger partial charge in [-0.3, -0.25) is 9.59 Å². The predicted molar refractivity (Wildman–Crippen MR) is 125 cm³/mol. The fourth-order valence-electron chi connectivity index (χ4n) is 3.66. The van der Waals surface area contributed by atoms with Crippen LogP contribution < -0.4 is 19.7 Å². The highest BCUT2D eigenvalue weighted by Crippen LogP contribution is 2.35. The maximum Gasteiger partial charge on any atom is 0.229 e. The van der Waals surface area contributed by atoms with Crippen molar-refractivity contribution in [3.05, 3.63) is 77.3 Å². The fourth-order valence-corrected chi connectivity index (χ4v) is 3.82. The lowest BCUT2D eigenvalue weighted by Crippen LogP contribution is -2.28. The average molecular weight is 451 g/mol. The molecule has 1 aliphatic heterocycles. The first-order chi connectivity index (χ1) is 15.4. The molecule has 32 heavy (non-hydrogen) atoms. The van der Waals surface area contributed by atoms with Crippen molar-refractivity contribution in [2.45, 2.75) is 13.3 Å². The van der Waals surface area contributed by atoms with Crippen molar-refractivity contribution >= 4 is 34.8 Å². The monoisotopic (exact) mass is 450 g/mol. The summed E-state index contributed by atoms with van der Waals surface area (Å²) in [7, 11) is 1.53. The molecule has 1 saturated heterocycles. The third kappa shape index (κ3) is 4.86. The Hall–Kier alpha value is -3.51. The molecule has 3 aromatic rings. The first kappa shape index (κ1) is 21.7. The summed E-state index contributed by atoms with van der Waals surface area (Å²) < 4.78 is 11.2. The van der Waals surface area contributed by atoms with Crippen LogP contribution in [0.5, 0.6) is 17.2 Å². The highest BCUT2D eigenvalue weighted by molar-refractivity contribution is 6.31. The van der Waals surface area contributed by atoms with Crippen molar-refractivity contribution in [2.24, 2.45) is 5.92 Å². The van der Waals surface area contributed by atoms with Crippen LogP contribution in [-0.4, -0.2) is 25.5 Å². The Labute approximate surface area is 191 Å². The summed E-state index contributed by atoms with van der Waals surface area (Å²) in [6.45, 7) is 2.26. The van der Waals surface area contributed by atoms with Gasteiger partial charge in [-0.05, 0) is 67.1 Å². The van der Waals surface area contributed by atoms with Crippen LogP contribution in [0.2, 0.25) is 5.02 Å². The van der Waals surface area contributed by atoms with Crippen LogP contribution in [0.15, 0.2) is 66.7 Å². The van der Waals surface area contributed by atoms with Gasteiger partial charge in [0.05, 0.1) is 18.7 Å². The molecule has 1 atom stereocenters. The molecule has 0 aromatic heterocycles. The largest absolute Gasteiger partial charge is 0.495 e. The molecule has 0 unspecified atom stereocenters. The Morgan fingerprint density at radius 1 is 1.06 bits per heavy atom. The van der Waals surface area contributed by atoms with Crippen LogP contribution in [-0.2, 0) is 9.59 Å². The molecule has 164 valence electrons. The number of amides is 2. The number of halogens is 1. The maximum atomic E-state index is 12.8. The van der Waals surface area contributed by atoms with Crippen molar-refractivity contribution in [1.82, 2.24) is 0 Å². The van der Waals surface area contributed by atoms with Gasteiger partial charge in [0.15, 0.2) is 0 Å². The van der Waals surface area contributed by atoms with Gasteiger partial charge in [-0.25, -0.2) is 0 Å². The molecule has 0 spiro atoms. The Morgan fingerprint density at radius 3 is 2.56 bits per heavy atom. The van der Waals surface area contributed by atoms with Crippen LogP contribution in [0.3, 0.4) is 0 Å². The van der Waals surface area contributed by atoms with Crippen molar-refractivity contribution in [3.8, 4) is 17.2 Å². The third-order valence-electron chi connectivity index (χ3n) is 5.27. The highest BCUT2D eigenvalue weighted by atomic mass is 35.5. The molecule has 2 amide bonds. The second-order valence-corrected chi connectivity index (χ2v) is 8.09. The van der Waals surface area contributed by atoms with Crippen LogP contribution in [0.1, 0.15) is 12.0 Å². The number of nitrogens with one attached hydrogen (secondary N) is 1. The zero-order valence-electron chi connectivity index (χ0n) is 17.8. The van der Waals surface area contributed by atoms with Crippen molar-refractivity contribution in [3.63, 3.8) is 0 Å². The number of benzene rings is 3. The number of ether oxygens (including phenoxy) is 2.